The molecule has 1 aliphatic heterocycles. The normalized spacial score (nSPS) is 26.5. The van der Waals surface area contributed by atoms with Crippen LogP contribution in [-0.2, 0) is 16.1 Å². The number of hydrogen-bond donors (Lipinski definition) is 1. The quantitative estimate of drug-likeness (QED) is 0.821. The average Bonchev–Trinajstić information content (AvgIpc) is 2.28. The molecule has 3 heteroatoms. The zero-order chi connectivity index (χ0) is 10.5. The third-order valence-corrected chi connectivity index (χ3v) is 2.50. The van der Waals surface area contributed by atoms with E-state index in [1.54, 1.807) is 0 Å². The first-order valence-corrected chi connectivity index (χ1v) is 5.30. The molecule has 1 heterocycles. The molecule has 1 N–H and O–H groups in total. The molecule has 0 amide bonds. The van der Waals surface area contributed by atoms with Gasteiger partial charge in [0.05, 0.1) is 19.3 Å². The van der Waals surface area contributed by atoms with Gasteiger partial charge in [0.15, 0.2) is 6.29 Å². The summed E-state index contributed by atoms with van der Waals surface area (Å²) in [5.74, 6) is 0. The fraction of sp³-hybridized carbons (Fsp3) is 0.500. The first-order valence-electron chi connectivity index (χ1n) is 5.30. The van der Waals surface area contributed by atoms with Crippen molar-refractivity contribution in [3.63, 3.8) is 0 Å². The van der Waals surface area contributed by atoms with Crippen LogP contribution in [0.25, 0.3) is 0 Å². The molecule has 2 rings (SSSR count). The summed E-state index contributed by atoms with van der Waals surface area (Å²) >= 11 is 0. The van der Waals surface area contributed by atoms with Gasteiger partial charge in [-0.15, -0.1) is 0 Å². The van der Waals surface area contributed by atoms with Gasteiger partial charge in [0, 0.05) is 6.42 Å². The molecule has 0 bridgehead atoms. The molecule has 82 valence electrons. The Morgan fingerprint density at radius 3 is 2.87 bits per heavy atom. The van der Waals surface area contributed by atoms with Crippen molar-refractivity contribution < 1.29 is 14.6 Å². The molecule has 1 aromatic carbocycles. The Morgan fingerprint density at radius 2 is 2.13 bits per heavy atom. The summed E-state index contributed by atoms with van der Waals surface area (Å²) in [7, 11) is 0. The first kappa shape index (κ1) is 10.6. The molecule has 0 unspecified atom stereocenters. The van der Waals surface area contributed by atoms with Crippen LogP contribution in [0.15, 0.2) is 30.3 Å². The maximum atomic E-state index is 9.42. The SMILES string of the molecule is O[C@@H]1CCO[C@@H](OCc2ccccc2)C1. The molecular formula is C12H16O3. The van der Waals surface area contributed by atoms with Crippen LogP contribution in [0.5, 0.6) is 0 Å². The van der Waals surface area contributed by atoms with Crippen LogP contribution in [0.1, 0.15) is 18.4 Å². The smallest absolute Gasteiger partial charge is 0.160 e. The minimum Gasteiger partial charge on any atom is -0.393 e. The van der Waals surface area contributed by atoms with Gasteiger partial charge in [-0.1, -0.05) is 30.3 Å². The standard InChI is InChI=1S/C12H16O3/c13-11-6-7-14-12(8-11)15-9-10-4-2-1-3-5-10/h1-5,11-13H,6-9H2/t11-,12+/m1/s1. The summed E-state index contributed by atoms with van der Waals surface area (Å²) in [5, 5.41) is 9.42. The maximum absolute atomic E-state index is 9.42. The van der Waals surface area contributed by atoms with Gasteiger partial charge >= 0.3 is 0 Å². The molecule has 2 atom stereocenters. The van der Waals surface area contributed by atoms with Crippen molar-refractivity contribution in [2.24, 2.45) is 0 Å². The number of ether oxygens (including phenoxy) is 2. The van der Waals surface area contributed by atoms with E-state index in [2.05, 4.69) is 0 Å². The lowest BCUT2D eigenvalue weighted by atomic mass is 10.1. The van der Waals surface area contributed by atoms with Gasteiger partial charge in [-0.25, -0.2) is 0 Å². The van der Waals surface area contributed by atoms with Gasteiger partial charge < -0.3 is 14.6 Å². The van der Waals surface area contributed by atoms with Crippen LogP contribution < -0.4 is 0 Å². The average molecular weight is 208 g/mol. The van der Waals surface area contributed by atoms with Gasteiger partial charge in [-0.2, -0.15) is 0 Å². The largest absolute Gasteiger partial charge is 0.393 e. The molecule has 1 aliphatic rings. The van der Waals surface area contributed by atoms with E-state index in [1.807, 2.05) is 30.3 Å². The Balaban J connectivity index is 1.78. The highest BCUT2D eigenvalue weighted by molar-refractivity contribution is 5.13. The van der Waals surface area contributed by atoms with E-state index in [9.17, 15) is 5.11 Å². The van der Waals surface area contributed by atoms with Crippen molar-refractivity contribution in [3.05, 3.63) is 35.9 Å². The van der Waals surface area contributed by atoms with E-state index >= 15 is 0 Å². The third-order valence-electron chi connectivity index (χ3n) is 2.50. The maximum Gasteiger partial charge on any atom is 0.160 e. The Hall–Kier alpha value is -0.900. The van der Waals surface area contributed by atoms with E-state index in [4.69, 9.17) is 9.47 Å². The lowest BCUT2D eigenvalue weighted by Gasteiger charge is -2.26. The molecule has 0 aromatic heterocycles. The van der Waals surface area contributed by atoms with Gasteiger partial charge in [0.1, 0.15) is 0 Å². The molecule has 1 aromatic rings. The van der Waals surface area contributed by atoms with E-state index < -0.39 is 0 Å². The van der Waals surface area contributed by atoms with Crippen LogP contribution in [-0.4, -0.2) is 24.1 Å². The summed E-state index contributed by atoms with van der Waals surface area (Å²) in [6.45, 7) is 1.12. The van der Waals surface area contributed by atoms with Crippen LogP contribution >= 0.6 is 0 Å². The fourth-order valence-electron chi connectivity index (χ4n) is 1.62. The Labute approximate surface area is 89.6 Å². The number of aliphatic hydroxyl groups excluding tert-OH is 1. The predicted molar refractivity (Wildman–Crippen MR) is 56.2 cm³/mol. The summed E-state index contributed by atoms with van der Waals surface area (Å²) < 4.78 is 10.9. The lowest BCUT2D eigenvalue weighted by Crippen LogP contribution is -2.30. The number of hydrogen-bond acceptors (Lipinski definition) is 3. The van der Waals surface area contributed by atoms with Gasteiger partial charge in [-0.3, -0.25) is 0 Å². The summed E-state index contributed by atoms with van der Waals surface area (Å²) in [5.41, 5.74) is 1.13. The van der Waals surface area contributed by atoms with Gasteiger partial charge in [-0.05, 0) is 12.0 Å². The van der Waals surface area contributed by atoms with Crippen molar-refractivity contribution in [2.45, 2.75) is 31.8 Å². The van der Waals surface area contributed by atoms with Crippen molar-refractivity contribution >= 4 is 0 Å². The molecule has 0 aliphatic carbocycles. The number of aliphatic hydroxyl groups is 1. The first-order chi connectivity index (χ1) is 7.34. The fourth-order valence-corrected chi connectivity index (χ4v) is 1.62. The molecule has 1 fully saturated rings. The Bertz CT molecular complexity index is 286. The minimum absolute atomic E-state index is 0.256. The van der Waals surface area contributed by atoms with Crippen molar-refractivity contribution in [3.8, 4) is 0 Å². The predicted octanol–water partition coefficient (Wildman–Crippen LogP) is 1.70. The van der Waals surface area contributed by atoms with E-state index in [-0.39, 0.29) is 12.4 Å². The second-order valence-corrected chi connectivity index (χ2v) is 3.78. The van der Waals surface area contributed by atoms with Gasteiger partial charge in [0.25, 0.3) is 0 Å². The summed E-state index contributed by atoms with van der Waals surface area (Å²) in [4.78, 5) is 0. The molecule has 1 saturated heterocycles. The highest BCUT2D eigenvalue weighted by Gasteiger charge is 2.20. The second-order valence-electron chi connectivity index (χ2n) is 3.78. The van der Waals surface area contributed by atoms with Crippen molar-refractivity contribution in [1.29, 1.82) is 0 Å². The van der Waals surface area contributed by atoms with Gasteiger partial charge in [0.2, 0.25) is 0 Å². The summed E-state index contributed by atoms with van der Waals surface area (Å²) in [6.07, 6.45) is 0.756. The second kappa shape index (κ2) is 5.26. The zero-order valence-electron chi connectivity index (χ0n) is 8.63. The topological polar surface area (TPSA) is 38.7 Å². The Morgan fingerprint density at radius 1 is 1.33 bits per heavy atom. The highest BCUT2D eigenvalue weighted by Crippen LogP contribution is 2.16. The van der Waals surface area contributed by atoms with Crippen LogP contribution in [0.4, 0.5) is 0 Å². The third kappa shape index (κ3) is 3.30. The number of rotatable bonds is 3. The van der Waals surface area contributed by atoms with E-state index in [0.717, 1.165) is 5.56 Å². The molecule has 0 radical (unpaired) electrons. The van der Waals surface area contributed by atoms with E-state index in [1.165, 1.54) is 0 Å². The van der Waals surface area contributed by atoms with E-state index in [0.29, 0.717) is 26.1 Å². The molecule has 0 spiro atoms. The van der Waals surface area contributed by atoms with Crippen molar-refractivity contribution in [1.82, 2.24) is 0 Å². The molecule has 3 nitrogen and oxygen atoms in total. The summed E-state index contributed by atoms with van der Waals surface area (Å²) in [6, 6.07) is 9.97. The van der Waals surface area contributed by atoms with Crippen LogP contribution in [0.2, 0.25) is 0 Å². The monoisotopic (exact) mass is 208 g/mol. The van der Waals surface area contributed by atoms with Crippen LogP contribution in [0.3, 0.4) is 0 Å². The lowest BCUT2D eigenvalue weighted by molar-refractivity contribution is -0.190. The highest BCUT2D eigenvalue weighted by atomic mass is 16.7. The van der Waals surface area contributed by atoms with Crippen molar-refractivity contribution in [2.75, 3.05) is 6.61 Å². The molecule has 0 saturated carbocycles. The zero-order valence-corrected chi connectivity index (χ0v) is 8.63. The number of benzene rings is 1. The Kier molecular flexibility index (Phi) is 3.72. The van der Waals surface area contributed by atoms with Crippen LogP contribution in [0, 0.1) is 0 Å². The molecular weight excluding hydrogens is 192 g/mol. The minimum atomic E-state index is -0.278. The molecule has 15 heavy (non-hydrogen) atoms.